The minimum atomic E-state index is -0.599. The molecule has 3 N–H and O–H groups in total. The fraction of sp³-hybridized carbons (Fsp3) is 0.562. The third kappa shape index (κ3) is 2.77. The van der Waals surface area contributed by atoms with Crippen LogP contribution in [0.3, 0.4) is 0 Å². The predicted octanol–water partition coefficient (Wildman–Crippen LogP) is 2.22. The molecule has 1 aliphatic heterocycles. The van der Waals surface area contributed by atoms with Crippen LogP contribution in [0, 0.1) is 11.8 Å². The number of likely N-dealkylation sites (tertiary alicyclic amines) is 1. The van der Waals surface area contributed by atoms with Gasteiger partial charge in [0.1, 0.15) is 11.5 Å². The highest BCUT2D eigenvalue weighted by atomic mass is 16.2. The topological polar surface area (TPSA) is 88.3 Å². The summed E-state index contributed by atoms with van der Waals surface area (Å²) in [6.07, 6.45) is 4.75. The summed E-state index contributed by atoms with van der Waals surface area (Å²) in [6, 6.07) is 5.08. The van der Waals surface area contributed by atoms with Gasteiger partial charge < -0.3 is 10.6 Å². The standard InChI is InChI=1S/C16H22N4O2/c1-10-9-20(13-7-3-2-5-11(10)13)16(22)19-14-8-4-6-12(18-14)15(17)21/h4,6,8,10-11,13H,2-3,5,7,9H2,1H3,(H2,17,21)(H,18,19,22). The molecule has 3 rings (SSSR count). The molecule has 6 nitrogen and oxygen atoms in total. The normalized spacial score (nSPS) is 27.3. The smallest absolute Gasteiger partial charge is 0.323 e. The average Bonchev–Trinajstić information content (AvgIpc) is 2.85. The minimum absolute atomic E-state index is 0.129. The number of anilines is 1. The molecule has 0 aromatic carbocycles. The quantitative estimate of drug-likeness (QED) is 0.878. The third-order valence-corrected chi connectivity index (χ3v) is 4.89. The molecule has 3 atom stereocenters. The molecule has 1 aromatic heterocycles. The van der Waals surface area contributed by atoms with Crippen LogP contribution in [0.5, 0.6) is 0 Å². The van der Waals surface area contributed by atoms with Crippen molar-refractivity contribution in [3.8, 4) is 0 Å². The second-order valence-electron chi connectivity index (χ2n) is 6.35. The zero-order chi connectivity index (χ0) is 15.7. The zero-order valence-electron chi connectivity index (χ0n) is 12.8. The van der Waals surface area contributed by atoms with E-state index in [0.29, 0.717) is 23.7 Å². The molecule has 6 heteroatoms. The third-order valence-electron chi connectivity index (χ3n) is 4.89. The number of rotatable bonds is 2. The summed E-state index contributed by atoms with van der Waals surface area (Å²) in [5, 5.41) is 2.80. The van der Waals surface area contributed by atoms with Crippen LogP contribution in [0.15, 0.2) is 18.2 Å². The van der Waals surface area contributed by atoms with E-state index in [1.165, 1.54) is 25.3 Å². The Labute approximate surface area is 130 Å². The monoisotopic (exact) mass is 302 g/mol. The molecule has 2 fully saturated rings. The molecule has 1 saturated heterocycles. The van der Waals surface area contributed by atoms with Crippen LogP contribution >= 0.6 is 0 Å². The van der Waals surface area contributed by atoms with Crippen LogP contribution in [-0.4, -0.2) is 34.4 Å². The van der Waals surface area contributed by atoms with Crippen molar-refractivity contribution < 1.29 is 9.59 Å². The van der Waals surface area contributed by atoms with Gasteiger partial charge in [0.2, 0.25) is 0 Å². The van der Waals surface area contributed by atoms with Gasteiger partial charge in [-0.3, -0.25) is 10.1 Å². The van der Waals surface area contributed by atoms with E-state index >= 15 is 0 Å². The van der Waals surface area contributed by atoms with E-state index in [1.54, 1.807) is 12.1 Å². The maximum Gasteiger partial charge on any atom is 0.323 e. The molecule has 1 aromatic rings. The first kappa shape index (κ1) is 14.8. The number of hydrogen-bond acceptors (Lipinski definition) is 3. The summed E-state index contributed by atoms with van der Waals surface area (Å²) in [5.74, 6) is 0.928. The molecule has 1 aliphatic carbocycles. The Bertz CT molecular complexity index is 589. The zero-order valence-corrected chi connectivity index (χ0v) is 12.8. The predicted molar refractivity (Wildman–Crippen MR) is 83.4 cm³/mol. The van der Waals surface area contributed by atoms with Gasteiger partial charge in [-0.05, 0) is 36.8 Å². The lowest BCUT2D eigenvalue weighted by molar-refractivity contribution is 0.0995. The van der Waals surface area contributed by atoms with Crippen molar-refractivity contribution in [2.75, 3.05) is 11.9 Å². The lowest BCUT2D eigenvalue weighted by Crippen LogP contribution is -2.41. The van der Waals surface area contributed by atoms with Crippen LogP contribution < -0.4 is 11.1 Å². The van der Waals surface area contributed by atoms with E-state index in [0.717, 1.165) is 13.0 Å². The lowest BCUT2D eigenvalue weighted by atomic mass is 9.80. The highest BCUT2D eigenvalue weighted by molar-refractivity contribution is 5.93. The molecule has 0 radical (unpaired) electrons. The first-order valence-corrected chi connectivity index (χ1v) is 7.90. The largest absolute Gasteiger partial charge is 0.364 e. The van der Waals surface area contributed by atoms with Crippen LogP contribution in [0.4, 0.5) is 10.6 Å². The van der Waals surface area contributed by atoms with Gasteiger partial charge in [-0.25, -0.2) is 9.78 Å². The molecule has 3 unspecified atom stereocenters. The number of amides is 3. The van der Waals surface area contributed by atoms with E-state index in [-0.39, 0.29) is 11.7 Å². The summed E-state index contributed by atoms with van der Waals surface area (Å²) in [6.45, 7) is 3.01. The van der Waals surface area contributed by atoms with Gasteiger partial charge in [0.25, 0.3) is 5.91 Å². The van der Waals surface area contributed by atoms with Gasteiger partial charge >= 0.3 is 6.03 Å². The molecular formula is C16H22N4O2. The maximum absolute atomic E-state index is 12.6. The Hall–Kier alpha value is -2.11. The molecule has 3 amide bonds. The number of nitrogens with one attached hydrogen (secondary N) is 1. The summed E-state index contributed by atoms with van der Waals surface area (Å²) >= 11 is 0. The Balaban J connectivity index is 1.72. The van der Waals surface area contributed by atoms with Crippen molar-refractivity contribution in [1.82, 2.24) is 9.88 Å². The van der Waals surface area contributed by atoms with Gasteiger partial charge in [0.05, 0.1) is 0 Å². The van der Waals surface area contributed by atoms with E-state index in [9.17, 15) is 9.59 Å². The van der Waals surface area contributed by atoms with Crippen molar-refractivity contribution in [2.45, 2.75) is 38.6 Å². The summed E-state index contributed by atoms with van der Waals surface area (Å²) in [5.41, 5.74) is 5.37. The van der Waals surface area contributed by atoms with E-state index in [4.69, 9.17) is 5.73 Å². The highest BCUT2D eigenvalue weighted by Crippen LogP contribution is 2.39. The van der Waals surface area contributed by atoms with Crippen molar-refractivity contribution in [3.05, 3.63) is 23.9 Å². The molecule has 0 spiro atoms. The number of carbonyl (C=O) groups is 2. The average molecular weight is 302 g/mol. The number of fused-ring (bicyclic) bond motifs is 1. The molecule has 2 heterocycles. The second-order valence-corrected chi connectivity index (χ2v) is 6.35. The highest BCUT2D eigenvalue weighted by Gasteiger charge is 2.42. The van der Waals surface area contributed by atoms with E-state index in [2.05, 4.69) is 17.2 Å². The fourth-order valence-electron chi connectivity index (χ4n) is 3.83. The number of hydrogen-bond donors (Lipinski definition) is 2. The van der Waals surface area contributed by atoms with Crippen LogP contribution in [-0.2, 0) is 0 Å². The molecule has 118 valence electrons. The molecular weight excluding hydrogens is 280 g/mol. The van der Waals surface area contributed by atoms with Crippen LogP contribution in [0.25, 0.3) is 0 Å². The van der Waals surface area contributed by atoms with Gasteiger partial charge in [0.15, 0.2) is 0 Å². The number of primary amides is 1. The number of urea groups is 1. The van der Waals surface area contributed by atoms with E-state index < -0.39 is 5.91 Å². The lowest BCUT2D eigenvalue weighted by Gasteiger charge is -2.32. The van der Waals surface area contributed by atoms with Crippen molar-refractivity contribution in [1.29, 1.82) is 0 Å². The molecule has 22 heavy (non-hydrogen) atoms. The van der Waals surface area contributed by atoms with Gasteiger partial charge in [-0.1, -0.05) is 25.8 Å². The second kappa shape index (κ2) is 5.94. The fourth-order valence-corrected chi connectivity index (χ4v) is 3.83. The first-order chi connectivity index (χ1) is 10.6. The van der Waals surface area contributed by atoms with Gasteiger partial charge in [-0.2, -0.15) is 0 Å². The Morgan fingerprint density at radius 3 is 2.86 bits per heavy atom. The Morgan fingerprint density at radius 1 is 1.32 bits per heavy atom. The first-order valence-electron chi connectivity index (χ1n) is 7.90. The van der Waals surface area contributed by atoms with Gasteiger partial charge in [0, 0.05) is 12.6 Å². The Kier molecular flexibility index (Phi) is 4.00. The van der Waals surface area contributed by atoms with Crippen molar-refractivity contribution in [3.63, 3.8) is 0 Å². The maximum atomic E-state index is 12.6. The number of nitrogens with two attached hydrogens (primary N) is 1. The number of carbonyl (C=O) groups excluding carboxylic acids is 2. The number of nitrogens with zero attached hydrogens (tertiary/aromatic N) is 2. The Morgan fingerprint density at radius 2 is 2.09 bits per heavy atom. The summed E-state index contributed by atoms with van der Waals surface area (Å²) < 4.78 is 0. The van der Waals surface area contributed by atoms with Crippen LogP contribution in [0.2, 0.25) is 0 Å². The summed E-state index contributed by atoms with van der Waals surface area (Å²) in [7, 11) is 0. The van der Waals surface area contributed by atoms with E-state index in [1.807, 2.05) is 4.90 Å². The van der Waals surface area contributed by atoms with Crippen molar-refractivity contribution >= 4 is 17.8 Å². The van der Waals surface area contributed by atoms with Gasteiger partial charge in [-0.15, -0.1) is 0 Å². The minimum Gasteiger partial charge on any atom is -0.364 e. The molecule has 2 aliphatic rings. The summed E-state index contributed by atoms with van der Waals surface area (Å²) in [4.78, 5) is 29.7. The van der Waals surface area contributed by atoms with Crippen LogP contribution in [0.1, 0.15) is 43.1 Å². The SMILES string of the molecule is CC1CN(C(=O)Nc2cccc(C(N)=O)n2)C2CCCCC12. The molecule has 0 bridgehead atoms. The number of pyridine rings is 1. The van der Waals surface area contributed by atoms with Crippen molar-refractivity contribution in [2.24, 2.45) is 17.6 Å². The number of aromatic nitrogens is 1. The molecule has 1 saturated carbocycles.